The Labute approximate surface area is 147 Å². The number of alkyl halides is 2. The molecule has 24 heavy (non-hydrogen) atoms. The summed E-state index contributed by atoms with van der Waals surface area (Å²) in [4.78, 5) is 12.1. The molecule has 0 spiro atoms. The summed E-state index contributed by atoms with van der Waals surface area (Å²) < 4.78 is 28.4. The van der Waals surface area contributed by atoms with E-state index in [-0.39, 0.29) is 30.1 Å². The van der Waals surface area contributed by atoms with Crippen LogP contribution in [0.25, 0.3) is 0 Å². The zero-order chi connectivity index (χ0) is 16.7. The second-order valence-corrected chi connectivity index (χ2v) is 5.98. The van der Waals surface area contributed by atoms with Gasteiger partial charge in [-0.2, -0.15) is 8.78 Å². The first-order chi connectivity index (χ1) is 11.1. The van der Waals surface area contributed by atoms with Crippen LogP contribution in [0.5, 0.6) is 5.75 Å². The van der Waals surface area contributed by atoms with Crippen LogP contribution in [0, 0.1) is 5.92 Å². The molecule has 2 atom stereocenters. The topological polar surface area (TPSA) is 64.3 Å². The minimum absolute atomic E-state index is 0. The fraction of sp³-hybridized carbons (Fsp3) is 0.588. The van der Waals surface area contributed by atoms with Gasteiger partial charge in [0.05, 0.1) is 0 Å². The lowest BCUT2D eigenvalue weighted by atomic mass is 9.84. The highest BCUT2D eigenvalue weighted by Crippen LogP contribution is 2.23. The van der Waals surface area contributed by atoms with E-state index >= 15 is 0 Å². The Morgan fingerprint density at radius 1 is 1.25 bits per heavy atom. The van der Waals surface area contributed by atoms with E-state index in [0.29, 0.717) is 25.3 Å². The van der Waals surface area contributed by atoms with E-state index in [0.717, 1.165) is 24.8 Å². The van der Waals surface area contributed by atoms with Gasteiger partial charge in [0, 0.05) is 12.5 Å². The average Bonchev–Trinajstić information content (AvgIpc) is 2.54. The van der Waals surface area contributed by atoms with Crippen LogP contribution in [-0.4, -0.2) is 25.1 Å². The van der Waals surface area contributed by atoms with Crippen LogP contribution in [0.15, 0.2) is 24.3 Å². The van der Waals surface area contributed by atoms with Gasteiger partial charge in [-0.05, 0) is 49.4 Å². The lowest BCUT2D eigenvalue weighted by Crippen LogP contribution is -2.44. The SMILES string of the molecule is Cl.NCC1CCCCC1NC(=O)CCc1ccc(OC(F)F)cc1. The summed E-state index contributed by atoms with van der Waals surface area (Å²) in [6.07, 6.45) is 5.33. The van der Waals surface area contributed by atoms with Crippen molar-refractivity contribution in [1.82, 2.24) is 5.32 Å². The molecule has 1 fully saturated rings. The number of carbonyl (C=O) groups is 1. The fourth-order valence-electron chi connectivity index (χ4n) is 3.05. The van der Waals surface area contributed by atoms with Crippen molar-refractivity contribution in [3.05, 3.63) is 29.8 Å². The van der Waals surface area contributed by atoms with Crippen LogP contribution in [0.1, 0.15) is 37.7 Å². The summed E-state index contributed by atoms with van der Waals surface area (Å²) in [5.74, 6) is 0.517. The van der Waals surface area contributed by atoms with Crippen LogP contribution in [-0.2, 0) is 11.2 Å². The van der Waals surface area contributed by atoms with Gasteiger partial charge in [0.15, 0.2) is 0 Å². The zero-order valence-electron chi connectivity index (χ0n) is 13.5. The molecule has 0 aliphatic heterocycles. The Morgan fingerprint density at radius 2 is 1.92 bits per heavy atom. The molecular weight excluding hydrogens is 338 g/mol. The first kappa shape index (κ1) is 20.6. The predicted octanol–water partition coefficient (Wildman–Crippen LogP) is 3.28. The van der Waals surface area contributed by atoms with E-state index in [2.05, 4.69) is 10.1 Å². The van der Waals surface area contributed by atoms with Gasteiger partial charge < -0.3 is 15.8 Å². The first-order valence-corrected chi connectivity index (χ1v) is 8.11. The van der Waals surface area contributed by atoms with Gasteiger partial charge >= 0.3 is 6.61 Å². The smallest absolute Gasteiger partial charge is 0.387 e. The molecule has 1 aliphatic carbocycles. The molecule has 136 valence electrons. The summed E-state index contributed by atoms with van der Waals surface area (Å²) >= 11 is 0. The molecule has 1 aromatic rings. The van der Waals surface area contributed by atoms with Crippen LogP contribution < -0.4 is 15.8 Å². The van der Waals surface area contributed by atoms with Gasteiger partial charge in [-0.15, -0.1) is 12.4 Å². The number of nitrogens with one attached hydrogen (secondary N) is 1. The van der Waals surface area contributed by atoms with Crippen LogP contribution in [0.3, 0.4) is 0 Å². The second kappa shape index (κ2) is 10.5. The van der Waals surface area contributed by atoms with E-state index in [1.54, 1.807) is 12.1 Å². The minimum Gasteiger partial charge on any atom is -0.435 e. The standard InChI is InChI=1S/C17H24F2N2O2.ClH/c18-17(19)23-14-8-5-12(6-9-14)7-10-16(22)21-15-4-2-1-3-13(15)11-20;/h5-6,8-9,13,15,17H,1-4,7,10-11,20H2,(H,21,22);1H. The van der Waals surface area contributed by atoms with Gasteiger partial charge in [-0.3, -0.25) is 4.79 Å². The highest BCUT2D eigenvalue weighted by Gasteiger charge is 2.25. The summed E-state index contributed by atoms with van der Waals surface area (Å²) in [5.41, 5.74) is 6.68. The number of benzene rings is 1. The lowest BCUT2D eigenvalue weighted by Gasteiger charge is -2.31. The van der Waals surface area contributed by atoms with Crippen LogP contribution in [0.2, 0.25) is 0 Å². The minimum atomic E-state index is -2.82. The maximum Gasteiger partial charge on any atom is 0.387 e. The Bertz CT molecular complexity index is 500. The van der Waals surface area contributed by atoms with E-state index in [4.69, 9.17) is 5.73 Å². The van der Waals surface area contributed by atoms with Gasteiger partial charge in [-0.25, -0.2) is 0 Å². The Kier molecular flexibility index (Phi) is 9.00. The summed E-state index contributed by atoms with van der Waals surface area (Å²) in [6, 6.07) is 6.57. The van der Waals surface area contributed by atoms with Crippen molar-refractivity contribution in [2.45, 2.75) is 51.2 Å². The van der Waals surface area contributed by atoms with Crippen molar-refractivity contribution < 1.29 is 18.3 Å². The van der Waals surface area contributed by atoms with E-state index in [1.807, 2.05) is 0 Å². The number of aryl methyl sites for hydroxylation is 1. The highest BCUT2D eigenvalue weighted by molar-refractivity contribution is 5.85. The number of nitrogens with two attached hydrogens (primary N) is 1. The molecule has 0 aromatic heterocycles. The summed E-state index contributed by atoms with van der Waals surface area (Å²) in [6.45, 7) is -2.21. The lowest BCUT2D eigenvalue weighted by molar-refractivity contribution is -0.122. The second-order valence-electron chi connectivity index (χ2n) is 5.98. The summed E-state index contributed by atoms with van der Waals surface area (Å²) in [7, 11) is 0. The molecule has 2 rings (SSSR count). The molecule has 4 nitrogen and oxygen atoms in total. The number of rotatable bonds is 7. The van der Waals surface area contributed by atoms with Gasteiger partial charge in [0.1, 0.15) is 5.75 Å². The summed E-state index contributed by atoms with van der Waals surface area (Å²) in [5, 5.41) is 3.08. The van der Waals surface area contributed by atoms with Crippen molar-refractivity contribution in [1.29, 1.82) is 0 Å². The first-order valence-electron chi connectivity index (χ1n) is 8.11. The molecule has 0 bridgehead atoms. The number of halogens is 3. The third-order valence-corrected chi connectivity index (χ3v) is 4.35. The third kappa shape index (κ3) is 6.61. The van der Waals surface area contributed by atoms with Gasteiger partial charge in [-0.1, -0.05) is 25.0 Å². The molecule has 0 heterocycles. The highest BCUT2D eigenvalue weighted by atomic mass is 35.5. The van der Waals surface area contributed by atoms with Gasteiger partial charge in [0.2, 0.25) is 5.91 Å². The largest absolute Gasteiger partial charge is 0.435 e. The molecule has 1 saturated carbocycles. The molecule has 1 amide bonds. The van der Waals surface area contributed by atoms with E-state index in [1.165, 1.54) is 18.6 Å². The number of amides is 1. The molecular formula is C17H25ClF2N2O2. The number of hydrogen-bond donors (Lipinski definition) is 2. The predicted molar refractivity (Wildman–Crippen MR) is 91.6 cm³/mol. The Morgan fingerprint density at radius 3 is 2.54 bits per heavy atom. The van der Waals surface area contributed by atoms with Crippen molar-refractivity contribution >= 4 is 18.3 Å². The quantitative estimate of drug-likeness (QED) is 0.782. The van der Waals surface area contributed by atoms with E-state index in [9.17, 15) is 13.6 Å². The van der Waals surface area contributed by atoms with Crippen molar-refractivity contribution in [3.63, 3.8) is 0 Å². The number of carbonyl (C=O) groups excluding carboxylic acids is 1. The average molecular weight is 363 g/mol. The maximum absolute atomic E-state index is 12.1. The normalized spacial score (nSPS) is 20.3. The van der Waals surface area contributed by atoms with Crippen molar-refractivity contribution in [3.8, 4) is 5.75 Å². The third-order valence-electron chi connectivity index (χ3n) is 4.35. The zero-order valence-corrected chi connectivity index (χ0v) is 14.4. The Balaban J connectivity index is 0.00000288. The monoisotopic (exact) mass is 362 g/mol. The number of ether oxygens (including phenoxy) is 1. The maximum atomic E-state index is 12.1. The van der Waals surface area contributed by atoms with Crippen LogP contribution >= 0.6 is 12.4 Å². The van der Waals surface area contributed by atoms with Crippen LogP contribution in [0.4, 0.5) is 8.78 Å². The number of hydrogen-bond acceptors (Lipinski definition) is 3. The van der Waals surface area contributed by atoms with E-state index < -0.39 is 6.61 Å². The van der Waals surface area contributed by atoms with Gasteiger partial charge in [0.25, 0.3) is 0 Å². The molecule has 1 aromatic carbocycles. The molecule has 0 saturated heterocycles. The molecule has 0 radical (unpaired) electrons. The van der Waals surface area contributed by atoms with Crippen molar-refractivity contribution in [2.75, 3.05) is 6.54 Å². The van der Waals surface area contributed by atoms with Crippen molar-refractivity contribution in [2.24, 2.45) is 11.7 Å². The molecule has 1 aliphatic rings. The fourth-order valence-corrected chi connectivity index (χ4v) is 3.05. The Hall–Kier alpha value is -1.40. The molecule has 7 heteroatoms. The molecule has 2 unspecified atom stereocenters. The molecule has 3 N–H and O–H groups in total.